The number of hydrogen-bond donors (Lipinski definition) is 0. The average Bonchev–Trinajstić information content (AvgIpc) is 2.60. The molecule has 156 valence electrons. The molecule has 0 fully saturated rings. The van der Waals surface area contributed by atoms with Gasteiger partial charge in [-0.25, -0.2) is 0 Å². The second-order valence-corrected chi connectivity index (χ2v) is 27.8. The zero-order chi connectivity index (χ0) is 20.2. The number of halogens is 1. The monoisotopic (exact) mass is 586 g/mol. The van der Waals surface area contributed by atoms with Crippen molar-refractivity contribution in [1.82, 2.24) is 0 Å². The van der Waals surface area contributed by atoms with Gasteiger partial charge in [0.1, 0.15) is 0 Å². The summed E-state index contributed by atoms with van der Waals surface area (Å²) in [6.07, 6.45) is 10.6. The van der Waals surface area contributed by atoms with Crippen molar-refractivity contribution in [2.24, 2.45) is 11.8 Å². The maximum atomic E-state index is 6.33. The van der Waals surface area contributed by atoms with E-state index in [2.05, 4.69) is 83.7 Å². The fraction of sp³-hybridized carbons (Fsp3) is 0.913. The van der Waals surface area contributed by atoms with Crippen LogP contribution in [0.2, 0.25) is 13.3 Å². The first-order valence-electron chi connectivity index (χ1n) is 11.1. The summed E-state index contributed by atoms with van der Waals surface area (Å²) in [5, 5.41) is 0. The minimum absolute atomic E-state index is 0.0517. The van der Waals surface area contributed by atoms with Gasteiger partial charge in [-0.05, 0) is 0 Å². The van der Waals surface area contributed by atoms with Crippen molar-refractivity contribution in [3.8, 4) is 0 Å². The van der Waals surface area contributed by atoms with Crippen LogP contribution in [0.3, 0.4) is 0 Å². The third-order valence-corrected chi connectivity index (χ3v) is 31.7. The van der Waals surface area contributed by atoms with E-state index in [0.29, 0.717) is 11.8 Å². The van der Waals surface area contributed by atoms with Crippen molar-refractivity contribution in [2.75, 3.05) is 6.61 Å². The van der Waals surface area contributed by atoms with Gasteiger partial charge in [0, 0.05) is 0 Å². The van der Waals surface area contributed by atoms with Crippen molar-refractivity contribution in [2.45, 2.75) is 108 Å². The molecule has 0 saturated heterocycles. The summed E-state index contributed by atoms with van der Waals surface area (Å²) in [6.45, 7) is 21.1. The molecule has 3 heteroatoms. The molecule has 1 nitrogen and oxygen atoms in total. The summed E-state index contributed by atoms with van der Waals surface area (Å²) in [5.41, 5.74) is -0.0517. The molecule has 0 radical (unpaired) electrons. The Morgan fingerprint density at radius 1 is 0.962 bits per heavy atom. The zero-order valence-corrected chi connectivity index (χ0v) is 23.9. The molecule has 0 heterocycles. The van der Waals surface area contributed by atoms with E-state index in [4.69, 9.17) is 4.74 Å². The third kappa shape index (κ3) is 10.1. The zero-order valence-electron chi connectivity index (χ0n) is 18.9. The Bertz CT molecular complexity index is 342. The van der Waals surface area contributed by atoms with Crippen LogP contribution in [-0.4, -0.2) is 32.5 Å². The van der Waals surface area contributed by atoms with E-state index >= 15 is 0 Å². The van der Waals surface area contributed by atoms with Gasteiger partial charge in [-0.15, -0.1) is 0 Å². The van der Waals surface area contributed by atoms with Crippen molar-refractivity contribution < 1.29 is 4.74 Å². The summed E-state index contributed by atoms with van der Waals surface area (Å²) in [6, 6.07) is 0. The van der Waals surface area contributed by atoms with Crippen molar-refractivity contribution in [3.05, 3.63) is 12.7 Å². The maximum absolute atomic E-state index is 6.33. The van der Waals surface area contributed by atoms with Gasteiger partial charge in [0.15, 0.2) is 0 Å². The van der Waals surface area contributed by atoms with Crippen LogP contribution in [0.15, 0.2) is 12.7 Å². The summed E-state index contributed by atoms with van der Waals surface area (Å²) in [7, 11) is 0. The second kappa shape index (κ2) is 14.2. The summed E-state index contributed by atoms with van der Waals surface area (Å²) < 4.78 is 11.9. The van der Waals surface area contributed by atoms with Crippen LogP contribution < -0.4 is 0 Å². The van der Waals surface area contributed by atoms with Crippen LogP contribution >= 0.6 is 22.6 Å². The molecule has 0 aromatic rings. The van der Waals surface area contributed by atoms with Gasteiger partial charge in [-0.2, -0.15) is 0 Å². The Morgan fingerprint density at radius 2 is 1.38 bits per heavy atom. The van der Waals surface area contributed by atoms with Gasteiger partial charge in [0.05, 0.1) is 0 Å². The van der Waals surface area contributed by atoms with E-state index in [1.165, 1.54) is 38.5 Å². The van der Waals surface area contributed by atoms with Gasteiger partial charge in [-0.1, -0.05) is 0 Å². The fourth-order valence-corrected chi connectivity index (χ4v) is 28.3. The summed E-state index contributed by atoms with van der Waals surface area (Å²) in [4.78, 5) is 0. The molecule has 0 amide bonds. The molecule has 0 aliphatic heterocycles. The Labute approximate surface area is 183 Å². The van der Waals surface area contributed by atoms with E-state index in [-0.39, 0.29) is 5.60 Å². The van der Waals surface area contributed by atoms with Crippen LogP contribution in [0.5, 0.6) is 0 Å². The quantitative estimate of drug-likeness (QED) is 0.0812. The first-order chi connectivity index (χ1) is 12.2. The SMILES string of the molecule is C=C[C@H](C)[C@@H](COC(C)(C)C)[C@@H](I)[Sn]([CH2]CCC)([CH2]CCC)[CH2]CCC. The molecular formula is C23H47IOSn. The number of hydrogen-bond acceptors (Lipinski definition) is 1. The number of ether oxygens (including phenoxy) is 1. The van der Waals surface area contributed by atoms with E-state index in [0.717, 1.165) is 8.55 Å². The van der Waals surface area contributed by atoms with E-state index in [1.807, 2.05) is 0 Å². The number of unbranched alkanes of at least 4 members (excludes halogenated alkanes) is 3. The van der Waals surface area contributed by atoms with Gasteiger partial charge in [0.2, 0.25) is 0 Å². The molecule has 26 heavy (non-hydrogen) atoms. The number of allylic oxidation sites excluding steroid dienone is 1. The van der Waals surface area contributed by atoms with E-state index < -0.39 is 18.4 Å². The van der Waals surface area contributed by atoms with Crippen molar-refractivity contribution in [3.63, 3.8) is 0 Å². The van der Waals surface area contributed by atoms with Crippen molar-refractivity contribution >= 4 is 41.0 Å². The van der Waals surface area contributed by atoms with Crippen molar-refractivity contribution in [1.29, 1.82) is 0 Å². The number of alkyl halides is 1. The molecule has 0 aliphatic rings. The Balaban J connectivity index is 5.63. The Kier molecular flexibility index (Phi) is 14.9. The number of rotatable bonds is 15. The van der Waals surface area contributed by atoms with Gasteiger partial charge in [-0.3, -0.25) is 0 Å². The Hall–Kier alpha value is 1.23. The van der Waals surface area contributed by atoms with Gasteiger partial charge >= 0.3 is 185 Å². The predicted molar refractivity (Wildman–Crippen MR) is 131 cm³/mol. The van der Waals surface area contributed by atoms with Crippen LogP contribution in [0.25, 0.3) is 0 Å². The standard InChI is InChI=1S/C11H20IO.3C4H9.Sn/c1-6-9(2)10(7-12)8-13-11(3,4)5;3*1-3-4-2;/h6-7,9-10H,1,8H2,2-5H3;3*1,3-4H2,2H3;/t9-,10+;;;;/m0..../s1. The Morgan fingerprint density at radius 3 is 1.69 bits per heavy atom. The first-order valence-corrected chi connectivity index (χ1v) is 20.0. The molecule has 0 spiro atoms. The molecule has 3 atom stereocenters. The molecule has 0 bridgehead atoms. The van der Waals surface area contributed by atoms with Gasteiger partial charge < -0.3 is 0 Å². The molecule has 0 unspecified atom stereocenters. The first kappa shape index (κ1) is 27.2. The normalized spacial score (nSPS) is 16.3. The molecule has 0 rings (SSSR count). The summed E-state index contributed by atoms with van der Waals surface area (Å²) in [5.74, 6) is 1.17. The predicted octanol–water partition coefficient (Wildman–Crippen LogP) is 8.43. The topological polar surface area (TPSA) is 9.23 Å². The molecule has 0 aromatic heterocycles. The third-order valence-electron chi connectivity index (χ3n) is 5.80. The van der Waals surface area contributed by atoms with Crippen LogP contribution in [0.1, 0.15) is 87.0 Å². The van der Waals surface area contributed by atoms with Crippen LogP contribution in [-0.2, 0) is 4.74 Å². The van der Waals surface area contributed by atoms with E-state index in [1.54, 1.807) is 13.3 Å². The average molecular weight is 585 g/mol. The second-order valence-electron chi connectivity index (χ2n) is 9.26. The molecular weight excluding hydrogens is 538 g/mol. The summed E-state index contributed by atoms with van der Waals surface area (Å²) >= 11 is 0.634. The molecule has 0 aromatic carbocycles. The van der Waals surface area contributed by atoms with Crippen LogP contribution in [0, 0.1) is 11.8 Å². The van der Waals surface area contributed by atoms with Crippen LogP contribution in [0.4, 0.5) is 0 Å². The molecule has 0 aliphatic carbocycles. The molecule has 0 saturated carbocycles. The molecule has 0 N–H and O–H groups in total. The van der Waals surface area contributed by atoms with Gasteiger partial charge in [0.25, 0.3) is 0 Å². The minimum atomic E-state index is -2.26. The fourth-order valence-electron chi connectivity index (χ4n) is 3.85. The van der Waals surface area contributed by atoms with E-state index in [9.17, 15) is 0 Å².